The fourth-order valence-electron chi connectivity index (χ4n) is 2.06. The van der Waals surface area contributed by atoms with Gasteiger partial charge in [0, 0.05) is 12.0 Å². The van der Waals surface area contributed by atoms with Gasteiger partial charge < -0.3 is 0 Å². The number of allylic oxidation sites excluding steroid dienone is 1. The summed E-state index contributed by atoms with van der Waals surface area (Å²) in [5.74, 6) is 0.923. The maximum absolute atomic E-state index is 11.8. The second-order valence-electron chi connectivity index (χ2n) is 5.48. The lowest BCUT2D eigenvalue weighted by atomic mass is 10.2. The standard InChI is InChI=1S/C20H18N4OS3/c25-18(22-21-13-7-12-16-8-3-1-4-9-16)15-27-20-24-23-19(28-20)26-14-17-10-5-2-6-11-17/h1-13H,14-15H2,(H,22,25). The summed E-state index contributed by atoms with van der Waals surface area (Å²) in [5.41, 5.74) is 4.82. The highest BCUT2D eigenvalue weighted by atomic mass is 32.2. The lowest BCUT2D eigenvalue weighted by Crippen LogP contribution is -2.19. The molecular weight excluding hydrogens is 408 g/mol. The van der Waals surface area contributed by atoms with Gasteiger partial charge in [0.05, 0.1) is 5.75 Å². The second kappa shape index (κ2) is 11.4. The van der Waals surface area contributed by atoms with Gasteiger partial charge in [0.25, 0.3) is 5.91 Å². The van der Waals surface area contributed by atoms with E-state index in [9.17, 15) is 4.79 Å². The van der Waals surface area contributed by atoms with E-state index in [2.05, 4.69) is 32.9 Å². The molecule has 2 aromatic carbocycles. The first-order chi connectivity index (χ1) is 13.8. The van der Waals surface area contributed by atoms with Gasteiger partial charge in [-0.25, -0.2) is 5.43 Å². The van der Waals surface area contributed by atoms with Gasteiger partial charge in [-0.3, -0.25) is 4.79 Å². The summed E-state index contributed by atoms with van der Waals surface area (Å²) in [4.78, 5) is 11.8. The van der Waals surface area contributed by atoms with Crippen LogP contribution in [-0.4, -0.2) is 28.1 Å². The predicted molar refractivity (Wildman–Crippen MR) is 119 cm³/mol. The Hall–Kier alpha value is -2.42. The number of nitrogens with zero attached hydrogens (tertiary/aromatic N) is 3. The summed E-state index contributed by atoms with van der Waals surface area (Å²) in [6.45, 7) is 0. The zero-order valence-corrected chi connectivity index (χ0v) is 17.3. The Balaban J connectivity index is 1.36. The number of rotatable bonds is 9. The van der Waals surface area contributed by atoms with Crippen molar-refractivity contribution in [3.8, 4) is 0 Å². The van der Waals surface area contributed by atoms with Gasteiger partial charge in [-0.1, -0.05) is 102 Å². The minimum atomic E-state index is -0.178. The van der Waals surface area contributed by atoms with Crippen molar-refractivity contribution >= 4 is 53.1 Å². The minimum Gasteiger partial charge on any atom is -0.272 e. The van der Waals surface area contributed by atoms with Crippen LogP contribution in [0.4, 0.5) is 0 Å². The first-order valence-electron chi connectivity index (χ1n) is 8.46. The number of carbonyl (C=O) groups excluding carboxylic acids is 1. The second-order valence-corrected chi connectivity index (χ2v) is 8.90. The minimum absolute atomic E-state index is 0.178. The van der Waals surface area contributed by atoms with Crippen molar-refractivity contribution in [1.29, 1.82) is 0 Å². The van der Waals surface area contributed by atoms with Crippen LogP contribution in [-0.2, 0) is 10.5 Å². The number of aromatic nitrogens is 2. The van der Waals surface area contributed by atoms with Gasteiger partial charge in [-0.2, -0.15) is 5.10 Å². The van der Waals surface area contributed by atoms with Crippen molar-refractivity contribution in [2.45, 2.75) is 14.4 Å². The van der Waals surface area contributed by atoms with Gasteiger partial charge in [0.15, 0.2) is 8.68 Å². The average molecular weight is 427 g/mol. The number of nitrogens with one attached hydrogen (secondary N) is 1. The summed E-state index contributed by atoms with van der Waals surface area (Å²) in [5, 5.41) is 12.2. The van der Waals surface area contributed by atoms with E-state index in [4.69, 9.17) is 0 Å². The summed E-state index contributed by atoms with van der Waals surface area (Å²) in [6, 6.07) is 20.1. The first kappa shape index (κ1) is 20.3. The Morgan fingerprint density at radius 2 is 1.68 bits per heavy atom. The van der Waals surface area contributed by atoms with E-state index in [1.165, 1.54) is 28.7 Å². The van der Waals surface area contributed by atoms with Crippen molar-refractivity contribution < 1.29 is 4.79 Å². The van der Waals surface area contributed by atoms with Crippen LogP contribution in [0.15, 0.2) is 80.5 Å². The van der Waals surface area contributed by atoms with E-state index in [0.29, 0.717) is 0 Å². The Morgan fingerprint density at radius 1 is 1.00 bits per heavy atom. The lowest BCUT2D eigenvalue weighted by Gasteiger charge is -1.97. The van der Waals surface area contributed by atoms with Crippen molar-refractivity contribution in [2.75, 3.05) is 5.75 Å². The molecule has 0 fully saturated rings. The highest BCUT2D eigenvalue weighted by molar-refractivity contribution is 8.03. The molecule has 0 unspecified atom stereocenters. The number of benzene rings is 2. The largest absolute Gasteiger partial charge is 0.272 e. The normalized spacial score (nSPS) is 11.3. The molecule has 1 amide bonds. The Labute approximate surface area is 176 Å². The predicted octanol–water partition coefficient (Wildman–Crippen LogP) is 4.74. The van der Waals surface area contributed by atoms with Crippen LogP contribution < -0.4 is 5.43 Å². The van der Waals surface area contributed by atoms with Crippen molar-refractivity contribution in [1.82, 2.24) is 15.6 Å². The summed E-state index contributed by atoms with van der Waals surface area (Å²) >= 11 is 4.50. The molecular formula is C20H18N4OS3. The molecule has 0 spiro atoms. The first-order valence-corrected chi connectivity index (χ1v) is 11.2. The summed E-state index contributed by atoms with van der Waals surface area (Å²) in [7, 11) is 0. The average Bonchev–Trinajstić information content (AvgIpc) is 3.20. The number of amides is 1. The maximum atomic E-state index is 11.8. The van der Waals surface area contributed by atoms with Crippen molar-refractivity contribution in [3.05, 3.63) is 77.9 Å². The van der Waals surface area contributed by atoms with Crippen LogP contribution in [0.25, 0.3) is 6.08 Å². The molecule has 28 heavy (non-hydrogen) atoms. The SMILES string of the molecule is O=C(CSc1nnc(SCc2ccccc2)s1)NN=CC=Cc1ccccc1. The van der Waals surface area contributed by atoms with E-state index in [0.717, 1.165) is 20.0 Å². The number of hydrogen-bond acceptors (Lipinski definition) is 7. The van der Waals surface area contributed by atoms with E-state index in [-0.39, 0.29) is 11.7 Å². The van der Waals surface area contributed by atoms with Crippen LogP contribution in [0, 0.1) is 0 Å². The Morgan fingerprint density at radius 3 is 2.43 bits per heavy atom. The van der Waals surface area contributed by atoms with Crippen LogP contribution >= 0.6 is 34.9 Å². The Kier molecular flexibility index (Phi) is 8.29. The van der Waals surface area contributed by atoms with Gasteiger partial charge in [0.1, 0.15) is 0 Å². The molecule has 0 saturated heterocycles. The monoisotopic (exact) mass is 426 g/mol. The van der Waals surface area contributed by atoms with Gasteiger partial charge in [0.2, 0.25) is 0 Å². The summed E-state index contributed by atoms with van der Waals surface area (Å²) < 4.78 is 1.68. The molecule has 8 heteroatoms. The molecule has 5 nitrogen and oxygen atoms in total. The van der Waals surface area contributed by atoms with Crippen LogP contribution in [0.5, 0.6) is 0 Å². The maximum Gasteiger partial charge on any atom is 0.250 e. The number of carbonyl (C=O) groups is 1. The molecule has 0 radical (unpaired) electrons. The van der Waals surface area contributed by atoms with Crippen molar-refractivity contribution in [3.63, 3.8) is 0 Å². The number of thioether (sulfide) groups is 2. The molecule has 0 aliphatic heterocycles. The van der Waals surface area contributed by atoms with Crippen LogP contribution in [0.1, 0.15) is 11.1 Å². The third kappa shape index (κ3) is 7.30. The van der Waals surface area contributed by atoms with Gasteiger partial charge >= 0.3 is 0 Å². The topological polar surface area (TPSA) is 67.2 Å². The molecule has 0 aliphatic carbocycles. The smallest absolute Gasteiger partial charge is 0.250 e. The zero-order chi connectivity index (χ0) is 19.4. The van der Waals surface area contributed by atoms with E-state index in [1.54, 1.807) is 24.1 Å². The van der Waals surface area contributed by atoms with Gasteiger partial charge in [-0.05, 0) is 17.2 Å². The molecule has 3 rings (SSSR count). The van der Waals surface area contributed by atoms with Gasteiger partial charge in [-0.15, -0.1) is 10.2 Å². The van der Waals surface area contributed by atoms with Crippen molar-refractivity contribution in [2.24, 2.45) is 5.10 Å². The fourth-order valence-corrected chi connectivity index (χ4v) is 4.83. The quantitative estimate of drug-likeness (QED) is 0.304. The Bertz CT molecular complexity index is 927. The summed E-state index contributed by atoms with van der Waals surface area (Å²) in [6.07, 6.45) is 5.25. The van der Waals surface area contributed by atoms with E-state index >= 15 is 0 Å². The van der Waals surface area contributed by atoms with E-state index in [1.807, 2.05) is 54.6 Å². The molecule has 3 aromatic rings. The molecule has 0 bridgehead atoms. The molecule has 1 N–H and O–H groups in total. The molecule has 0 aliphatic rings. The van der Waals surface area contributed by atoms with Crippen LogP contribution in [0.3, 0.4) is 0 Å². The molecule has 0 saturated carbocycles. The number of hydrazone groups is 1. The highest BCUT2D eigenvalue weighted by Gasteiger charge is 2.08. The lowest BCUT2D eigenvalue weighted by molar-refractivity contribution is -0.118. The van der Waals surface area contributed by atoms with Crippen LogP contribution in [0.2, 0.25) is 0 Å². The molecule has 1 aromatic heterocycles. The third-order valence-corrected chi connectivity index (χ3v) is 6.62. The fraction of sp³-hybridized carbons (Fsp3) is 0.100. The molecule has 0 atom stereocenters. The zero-order valence-electron chi connectivity index (χ0n) is 14.9. The van der Waals surface area contributed by atoms with E-state index < -0.39 is 0 Å². The third-order valence-electron chi connectivity index (χ3n) is 3.36. The molecule has 1 heterocycles. The molecule has 142 valence electrons. The number of hydrogen-bond donors (Lipinski definition) is 1. The highest BCUT2D eigenvalue weighted by Crippen LogP contribution is 2.30.